The van der Waals surface area contributed by atoms with E-state index in [1.165, 1.54) is 4.68 Å². The van der Waals surface area contributed by atoms with Crippen LogP contribution in [-0.4, -0.2) is 33.8 Å². The molecule has 2 aromatic heterocycles. The van der Waals surface area contributed by atoms with Crippen LogP contribution in [0.1, 0.15) is 17.9 Å². The normalized spacial score (nSPS) is 15.8. The molecule has 1 saturated heterocycles. The Labute approximate surface area is 190 Å². The second-order valence-corrected chi connectivity index (χ2v) is 8.37. The molecular formula is C25H25N5O3. The Hall–Kier alpha value is -3.94. The predicted molar refractivity (Wildman–Crippen MR) is 126 cm³/mol. The van der Waals surface area contributed by atoms with E-state index in [0.717, 1.165) is 59.7 Å². The molecule has 1 N–H and O–H groups in total. The molecule has 2 aromatic carbocycles. The molecule has 8 heteroatoms. The van der Waals surface area contributed by atoms with Crippen LogP contribution in [-0.2, 0) is 24.7 Å². The Bertz CT molecular complexity index is 1310. The second kappa shape index (κ2) is 8.90. The van der Waals surface area contributed by atoms with Gasteiger partial charge in [0.05, 0.1) is 17.8 Å². The van der Waals surface area contributed by atoms with Crippen molar-refractivity contribution < 1.29 is 9.21 Å². The molecule has 0 aliphatic carbocycles. The van der Waals surface area contributed by atoms with Crippen LogP contribution >= 0.6 is 0 Å². The van der Waals surface area contributed by atoms with Crippen molar-refractivity contribution in [3.8, 4) is 0 Å². The van der Waals surface area contributed by atoms with Gasteiger partial charge in [-0.15, -0.1) is 0 Å². The predicted octanol–water partition coefficient (Wildman–Crippen LogP) is 3.17. The molecule has 168 valence electrons. The van der Waals surface area contributed by atoms with Crippen LogP contribution in [0.5, 0.6) is 0 Å². The van der Waals surface area contributed by atoms with Gasteiger partial charge >= 0.3 is 0 Å². The highest BCUT2D eigenvalue weighted by Gasteiger charge is 2.29. The van der Waals surface area contributed by atoms with Gasteiger partial charge in [0, 0.05) is 38.3 Å². The van der Waals surface area contributed by atoms with Gasteiger partial charge in [-0.3, -0.25) is 9.59 Å². The lowest BCUT2D eigenvalue weighted by atomic mass is 10.1. The van der Waals surface area contributed by atoms with Gasteiger partial charge in [-0.25, -0.2) is 9.67 Å². The third kappa shape index (κ3) is 4.64. The van der Waals surface area contributed by atoms with Crippen molar-refractivity contribution in [2.24, 2.45) is 13.0 Å². The third-order valence-corrected chi connectivity index (χ3v) is 6.06. The fourth-order valence-electron chi connectivity index (χ4n) is 4.12. The zero-order valence-corrected chi connectivity index (χ0v) is 18.4. The second-order valence-electron chi connectivity index (χ2n) is 8.37. The molecule has 8 nitrogen and oxygen atoms in total. The first-order valence-electron chi connectivity index (χ1n) is 11.1. The standard InChI is InChI=1S/C25H25N5O3/c1-29-24(31)14-20(15-26-29)30-13-12-18(16-30)25(32)27-19-9-6-17(7-10-19)8-11-23-28-21-4-2-3-5-22(21)33-23/h2-7,9-10,14-15,18H,8,11-13,16H2,1H3,(H,27,32). The number of carbonyl (C=O) groups is 1. The summed E-state index contributed by atoms with van der Waals surface area (Å²) in [7, 11) is 1.62. The monoisotopic (exact) mass is 443 g/mol. The van der Waals surface area contributed by atoms with Gasteiger partial charge in [-0.1, -0.05) is 24.3 Å². The molecule has 5 rings (SSSR count). The fourth-order valence-corrected chi connectivity index (χ4v) is 4.12. The maximum atomic E-state index is 12.8. The largest absolute Gasteiger partial charge is 0.441 e. The summed E-state index contributed by atoms with van der Waals surface area (Å²) in [6.45, 7) is 1.30. The number of aromatic nitrogens is 3. The van der Waals surface area contributed by atoms with Crippen molar-refractivity contribution in [1.82, 2.24) is 14.8 Å². The van der Waals surface area contributed by atoms with Crippen LogP contribution in [0.15, 0.2) is 70.0 Å². The number of nitrogens with zero attached hydrogens (tertiary/aromatic N) is 4. The molecule has 1 amide bonds. The van der Waals surface area contributed by atoms with Crippen LogP contribution in [0, 0.1) is 5.92 Å². The Morgan fingerprint density at radius 3 is 2.76 bits per heavy atom. The van der Waals surface area contributed by atoms with Gasteiger partial charge in [-0.2, -0.15) is 5.10 Å². The van der Waals surface area contributed by atoms with Gasteiger partial charge in [0.15, 0.2) is 11.5 Å². The van der Waals surface area contributed by atoms with E-state index in [0.29, 0.717) is 6.54 Å². The van der Waals surface area contributed by atoms with Crippen LogP contribution in [0.3, 0.4) is 0 Å². The summed E-state index contributed by atoms with van der Waals surface area (Å²) in [5.74, 6) is 0.590. The Balaban J connectivity index is 1.15. The summed E-state index contributed by atoms with van der Waals surface area (Å²) in [5.41, 5.74) is 4.22. The van der Waals surface area contributed by atoms with Crippen LogP contribution in [0.4, 0.5) is 11.4 Å². The smallest absolute Gasteiger partial charge is 0.268 e. The Morgan fingerprint density at radius 1 is 1.15 bits per heavy atom. The highest BCUT2D eigenvalue weighted by molar-refractivity contribution is 5.93. The van der Waals surface area contributed by atoms with E-state index in [4.69, 9.17) is 4.42 Å². The zero-order valence-electron chi connectivity index (χ0n) is 18.4. The summed E-state index contributed by atoms with van der Waals surface area (Å²) in [5, 5.41) is 7.08. The Morgan fingerprint density at radius 2 is 1.97 bits per heavy atom. The van der Waals surface area contributed by atoms with Gasteiger partial charge in [-0.05, 0) is 42.7 Å². The molecule has 33 heavy (non-hydrogen) atoms. The number of oxazole rings is 1. The molecule has 0 radical (unpaired) electrons. The molecule has 3 heterocycles. The van der Waals surface area contributed by atoms with Gasteiger partial charge in [0.1, 0.15) is 5.52 Å². The van der Waals surface area contributed by atoms with Gasteiger partial charge in [0.2, 0.25) is 5.91 Å². The Kier molecular flexibility index (Phi) is 5.64. The van der Waals surface area contributed by atoms with E-state index in [1.807, 2.05) is 53.4 Å². The number of anilines is 2. The van der Waals surface area contributed by atoms with Crippen molar-refractivity contribution in [2.45, 2.75) is 19.3 Å². The topological polar surface area (TPSA) is 93.3 Å². The molecular weight excluding hydrogens is 418 g/mol. The number of hydrogen-bond donors (Lipinski definition) is 1. The van der Waals surface area contributed by atoms with Crippen molar-refractivity contribution in [2.75, 3.05) is 23.3 Å². The van der Waals surface area contributed by atoms with E-state index in [2.05, 4.69) is 15.4 Å². The minimum Gasteiger partial charge on any atom is -0.441 e. The number of carbonyl (C=O) groups excluding carboxylic acids is 1. The summed E-state index contributed by atoms with van der Waals surface area (Å²) in [6, 6.07) is 17.2. The van der Waals surface area contributed by atoms with Crippen molar-refractivity contribution in [3.05, 3.63) is 82.6 Å². The lowest BCUT2D eigenvalue weighted by Gasteiger charge is -2.18. The SMILES string of the molecule is Cn1ncc(N2CCC(C(=O)Nc3ccc(CCc4nc5ccccc5o4)cc3)C2)cc1=O. The van der Waals surface area contributed by atoms with Crippen molar-refractivity contribution in [3.63, 3.8) is 0 Å². The summed E-state index contributed by atoms with van der Waals surface area (Å²) in [4.78, 5) is 31.1. The number of aryl methyl sites for hydroxylation is 3. The van der Waals surface area contributed by atoms with Gasteiger partial charge in [0.25, 0.3) is 5.56 Å². The minimum atomic E-state index is -0.156. The molecule has 0 saturated carbocycles. The van der Waals surface area contributed by atoms with E-state index < -0.39 is 0 Å². The highest BCUT2D eigenvalue weighted by atomic mass is 16.3. The highest BCUT2D eigenvalue weighted by Crippen LogP contribution is 2.24. The molecule has 1 atom stereocenters. The number of hydrogen-bond acceptors (Lipinski definition) is 6. The molecule has 1 unspecified atom stereocenters. The number of fused-ring (bicyclic) bond motifs is 1. The van der Waals surface area contributed by atoms with Crippen LogP contribution < -0.4 is 15.8 Å². The van der Waals surface area contributed by atoms with Crippen LogP contribution in [0.25, 0.3) is 11.1 Å². The first-order valence-corrected chi connectivity index (χ1v) is 11.1. The zero-order chi connectivity index (χ0) is 22.8. The van der Waals surface area contributed by atoms with Crippen molar-refractivity contribution >= 4 is 28.4 Å². The minimum absolute atomic E-state index is 0.00600. The maximum absolute atomic E-state index is 12.8. The fraction of sp³-hybridized carbons (Fsp3) is 0.280. The maximum Gasteiger partial charge on any atom is 0.268 e. The number of nitrogens with one attached hydrogen (secondary N) is 1. The summed E-state index contributed by atoms with van der Waals surface area (Å²) in [6.07, 6.45) is 3.93. The average molecular weight is 444 g/mol. The lowest BCUT2D eigenvalue weighted by Crippen LogP contribution is -2.28. The average Bonchev–Trinajstić information content (AvgIpc) is 3.48. The summed E-state index contributed by atoms with van der Waals surface area (Å²) < 4.78 is 7.07. The van der Waals surface area contributed by atoms with E-state index in [1.54, 1.807) is 19.3 Å². The molecule has 0 spiro atoms. The number of rotatable bonds is 6. The molecule has 1 aliphatic rings. The number of benzene rings is 2. The molecule has 1 aliphatic heterocycles. The summed E-state index contributed by atoms with van der Waals surface area (Å²) >= 11 is 0. The third-order valence-electron chi connectivity index (χ3n) is 6.06. The number of amides is 1. The molecule has 0 bridgehead atoms. The quantitative estimate of drug-likeness (QED) is 0.492. The molecule has 4 aromatic rings. The van der Waals surface area contributed by atoms with Gasteiger partial charge < -0.3 is 14.6 Å². The van der Waals surface area contributed by atoms with E-state index in [9.17, 15) is 9.59 Å². The van der Waals surface area contributed by atoms with Crippen LogP contribution in [0.2, 0.25) is 0 Å². The first kappa shape index (κ1) is 20.9. The molecule has 1 fully saturated rings. The lowest BCUT2D eigenvalue weighted by molar-refractivity contribution is -0.119. The number of para-hydroxylation sites is 2. The van der Waals surface area contributed by atoms with E-state index in [-0.39, 0.29) is 17.4 Å². The van der Waals surface area contributed by atoms with E-state index >= 15 is 0 Å². The van der Waals surface area contributed by atoms with Crippen molar-refractivity contribution in [1.29, 1.82) is 0 Å². The first-order chi connectivity index (χ1) is 16.0.